The fourth-order valence-electron chi connectivity index (χ4n) is 2.53. The van der Waals surface area contributed by atoms with E-state index in [1.165, 1.54) is 4.88 Å². The van der Waals surface area contributed by atoms with Crippen molar-refractivity contribution in [2.24, 2.45) is 0 Å². The zero-order chi connectivity index (χ0) is 14.9. The lowest BCUT2D eigenvalue weighted by atomic mass is 10.2. The number of rotatable bonds is 4. The fourth-order valence-corrected chi connectivity index (χ4v) is 3.39. The summed E-state index contributed by atoms with van der Waals surface area (Å²) >= 11 is 1.74. The van der Waals surface area contributed by atoms with Crippen molar-refractivity contribution in [3.63, 3.8) is 0 Å². The van der Waals surface area contributed by atoms with Crippen LogP contribution >= 0.6 is 11.3 Å². The third-order valence-electron chi connectivity index (χ3n) is 3.63. The van der Waals surface area contributed by atoms with E-state index in [0.29, 0.717) is 11.5 Å². The second-order valence-corrected chi connectivity index (χ2v) is 5.96. The van der Waals surface area contributed by atoms with E-state index in [1.807, 2.05) is 24.3 Å². The topological polar surface area (TPSA) is 68.0 Å². The van der Waals surface area contributed by atoms with E-state index < -0.39 is 0 Å². The van der Waals surface area contributed by atoms with Gasteiger partial charge < -0.3 is 5.32 Å². The average Bonchev–Trinajstić information content (AvgIpc) is 3.23. The second-order valence-electron chi connectivity index (χ2n) is 4.98. The molecule has 0 aliphatic heterocycles. The Balaban J connectivity index is 1.84. The molecule has 1 aromatic carbocycles. The highest BCUT2D eigenvalue weighted by atomic mass is 32.1. The molecule has 6 nitrogen and oxygen atoms in total. The van der Waals surface area contributed by atoms with Gasteiger partial charge in [0.05, 0.1) is 17.1 Å². The van der Waals surface area contributed by atoms with Crippen molar-refractivity contribution in [3.8, 4) is 0 Å². The van der Waals surface area contributed by atoms with Gasteiger partial charge in [0.15, 0.2) is 5.82 Å². The molecule has 1 N–H and O–H groups in total. The Morgan fingerprint density at radius 3 is 2.95 bits per heavy atom. The van der Waals surface area contributed by atoms with Crippen LogP contribution in [0.2, 0.25) is 0 Å². The van der Waals surface area contributed by atoms with Gasteiger partial charge in [-0.2, -0.15) is 4.52 Å². The molecule has 0 fully saturated rings. The minimum atomic E-state index is 0.203. The van der Waals surface area contributed by atoms with Crippen LogP contribution in [-0.2, 0) is 0 Å². The Bertz CT molecular complexity index is 914. The van der Waals surface area contributed by atoms with Gasteiger partial charge >= 0.3 is 0 Å². The molecule has 0 spiro atoms. The second kappa shape index (κ2) is 5.34. The maximum Gasteiger partial charge on any atom is 0.222 e. The quantitative estimate of drug-likeness (QED) is 0.626. The Hall–Kier alpha value is -2.54. The number of aromatic nitrogens is 5. The number of nitrogens with one attached hydrogen (secondary N) is 1. The smallest absolute Gasteiger partial charge is 0.222 e. The summed E-state index contributed by atoms with van der Waals surface area (Å²) in [5.74, 6) is 0.712. The molecule has 1 atom stereocenters. The summed E-state index contributed by atoms with van der Waals surface area (Å²) in [4.78, 5) is 5.98. The summed E-state index contributed by atoms with van der Waals surface area (Å²) in [6, 6.07) is 12.2. The molecule has 110 valence electrons. The van der Waals surface area contributed by atoms with Gasteiger partial charge in [-0.3, -0.25) is 0 Å². The summed E-state index contributed by atoms with van der Waals surface area (Å²) < 4.78 is 1.73. The molecular formula is C15H14N6S. The third kappa shape index (κ3) is 2.10. The van der Waals surface area contributed by atoms with Crippen LogP contribution in [0.15, 0.2) is 41.8 Å². The van der Waals surface area contributed by atoms with Crippen molar-refractivity contribution < 1.29 is 0 Å². The number of nitrogens with zero attached hydrogens (tertiary/aromatic N) is 5. The van der Waals surface area contributed by atoms with Gasteiger partial charge in [0.25, 0.3) is 0 Å². The summed E-state index contributed by atoms with van der Waals surface area (Å²) in [5.41, 5.74) is 2.41. The molecule has 0 aliphatic carbocycles. The molecule has 3 aromatic heterocycles. The number of hydrogen-bond acceptors (Lipinski definition) is 6. The average molecular weight is 310 g/mol. The first-order chi connectivity index (χ1) is 10.9. The first kappa shape index (κ1) is 13.1. The van der Waals surface area contributed by atoms with Gasteiger partial charge in [-0.15, -0.1) is 16.4 Å². The number of tetrazole rings is 1. The highest BCUT2D eigenvalue weighted by molar-refractivity contribution is 7.10. The summed E-state index contributed by atoms with van der Waals surface area (Å²) in [5, 5.41) is 17.6. The molecule has 1 unspecified atom stereocenters. The Morgan fingerprint density at radius 2 is 2.14 bits per heavy atom. The molecule has 22 heavy (non-hydrogen) atoms. The van der Waals surface area contributed by atoms with Crippen LogP contribution in [0.5, 0.6) is 0 Å². The highest BCUT2D eigenvalue weighted by Gasteiger charge is 2.16. The van der Waals surface area contributed by atoms with Gasteiger partial charge in [0, 0.05) is 4.88 Å². The van der Waals surface area contributed by atoms with Crippen molar-refractivity contribution in [2.75, 3.05) is 5.32 Å². The normalized spacial score (nSPS) is 12.8. The minimum Gasteiger partial charge on any atom is -0.359 e. The molecule has 0 radical (unpaired) electrons. The van der Waals surface area contributed by atoms with Crippen molar-refractivity contribution in [2.45, 2.75) is 19.4 Å². The third-order valence-corrected chi connectivity index (χ3v) is 4.62. The first-order valence-corrected chi connectivity index (χ1v) is 8.01. The predicted octanol–water partition coefficient (Wildman–Crippen LogP) is 3.30. The van der Waals surface area contributed by atoms with Crippen molar-refractivity contribution in [3.05, 3.63) is 46.7 Å². The van der Waals surface area contributed by atoms with Crippen LogP contribution in [0.4, 0.5) is 5.82 Å². The lowest BCUT2D eigenvalue weighted by molar-refractivity contribution is 0.759. The van der Waals surface area contributed by atoms with Crippen LogP contribution in [0.1, 0.15) is 24.3 Å². The predicted molar refractivity (Wildman–Crippen MR) is 87.1 cm³/mol. The molecule has 4 aromatic rings. The SMILES string of the molecule is CCC(Nc1nc2ccccc2n2nnnc12)c1cccs1. The van der Waals surface area contributed by atoms with Crippen molar-refractivity contribution in [1.82, 2.24) is 25.0 Å². The van der Waals surface area contributed by atoms with Gasteiger partial charge in [-0.1, -0.05) is 25.1 Å². The van der Waals surface area contributed by atoms with Crippen LogP contribution in [0.3, 0.4) is 0 Å². The molecule has 4 rings (SSSR count). The van der Waals surface area contributed by atoms with Crippen LogP contribution in [0, 0.1) is 0 Å². The van der Waals surface area contributed by atoms with Crippen LogP contribution in [-0.4, -0.2) is 25.0 Å². The highest BCUT2D eigenvalue weighted by Crippen LogP contribution is 2.27. The summed E-state index contributed by atoms with van der Waals surface area (Å²) in [6.07, 6.45) is 0.961. The number of thiophene rings is 1. The number of fused-ring (bicyclic) bond motifs is 3. The molecule has 3 heterocycles. The zero-order valence-electron chi connectivity index (χ0n) is 12.0. The van der Waals surface area contributed by atoms with Gasteiger partial charge in [0.2, 0.25) is 5.65 Å². The van der Waals surface area contributed by atoms with E-state index in [1.54, 1.807) is 15.9 Å². The number of para-hydroxylation sites is 2. The Morgan fingerprint density at radius 1 is 1.23 bits per heavy atom. The zero-order valence-corrected chi connectivity index (χ0v) is 12.8. The summed E-state index contributed by atoms with van der Waals surface area (Å²) in [7, 11) is 0. The van der Waals surface area contributed by atoms with E-state index >= 15 is 0 Å². The monoisotopic (exact) mass is 310 g/mol. The van der Waals surface area contributed by atoms with Crippen molar-refractivity contribution >= 4 is 33.8 Å². The molecule has 0 amide bonds. The van der Waals surface area contributed by atoms with Gasteiger partial charge in [-0.05, 0) is 40.4 Å². The van der Waals surface area contributed by atoms with E-state index in [9.17, 15) is 0 Å². The molecule has 7 heteroatoms. The van der Waals surface area contributed by atoms with Crippen LogP contribution in [0.25, 0.3) is 16.7 Å². The first-order valence-electron chi connectivity index (χ1n) is 7.13. The lowest BCUT2D eigenvalue weighted by Gasteiger charge is -2.16. The van der Waals surface area contributed by atoms with Gasteiger partial charge in [-0.25, -0.2) is 4.98 Å². The molecule has 0 saturated heterocycles. The maximum atomic E-state index is 4.70. The Labute approximate surface area is 130 Å². The number of hydrogen-bond donors (Lipinski definition) is 1. The molecule has 0 bridgehead atoms. The molecule has 0 saturated carbocycles. The largest absolute Gasteiger partial charge is 0.359 e. The fraction of sp³-hybridized carbons (Fsp3) is 0.200. The van der Waals surface area contributed by atoms with Gasteiger partial charge in [0.1, 0.15) is 0 Å². The summed E-state index contributed by atoms with van der Waals surface area (Å²) in [6.45, 7) is 2.15. The standard InChI is InChI=1S/C15H14N6S/c1-2-10(13-8-5-9-22-13)16-14-15-18-19-20-21(15)12-7-4-3-6-11(12)17-14/h3-10H,2H2,1H3,(H,16,17). The van der Waals surface area contributed by atoms with E-state index in [0.717, 1.165) is 17.5 Å². The lowest BCUT2D eigenvalue weighted by Crippen LogP contribution is -2.11. The Kier molecular flexibility index (Phi) is 3.19. The maximum absolute atomic E-state index is 4.70. The van der Waals surface area contributed by atoms with E-state index in [4.69, 9.17) is 4.98 Å². The molecular weight excluding hydrogens is 296 g/mol. The van der Waals surface area contributed by atoms with Crippen LogP contribution < -0.4 is 5.32 Å². The van der Waals surface area contributed by atoms with E-state index in [-0.39, 0.29) is 6.04 Å². The van der Waals surface area contributed by atoms with Crippen molar-refractivity contribution in [1.29, 1.82) is 0 Å². The molecule has 0 aliphatic rings. The number of anilines is 1. The van der Waals surface area contributed by atoms with E-state index in [2.05, 4.69) is 45.3 Å². The number of benzene rings is 1. The minimum absolute atomic E-state index is 0.203.